The number of carbonyl (C=O) groups is 1. The minimum atomic E-state index is -0.328. The first kappa shape index (κ1) is 14.4. The van der Waals surface area contributed by atoms with Crippen LogP contribution < -0.4 is 10.5 Å². The van der Waals surface area contributed by atoms with Gasteiger partial charge < -0.3 is 15.4 Å². The fraction of sp³-hybridized carbons (Fsp3) is 0.294. The van der Waals surface area contributed by atoms with Gasteiger partial charge in [0.1, 0.15) is 0 Å². The van der Waals surface area contributed by atoms with Gasteiger partial charge in [-0.05, 0) is 48.6 Å². The van der Waals surface area contributed by atoms with E-state index in [9.17, 15) is 4.79 Å². The van der Waals surface area contributed by atoms with Crippen LogP contribution in [0.2, 0.25) is 0 Å². The number of nitrogens with two attached hydrogens (primary N) is 1. The van der Waals surface area contributed by atoms with Gasteiger partial charge in [0, 0.05) is 25.5 Å². The summed E-state index contributed by atoms with van der Waals surface area (Å²) in [6.45, 7) is 1.39. The van der Waals surface area contributed by atoms with Crippen molar-refractivity contribution >= 4 is 11.8 Å². The van der Waals surface area contributed by atoms with E-state index in [-0.39, 0.29) is 6.09 Å². The number of benzene rings is 1. The molecule has 0 saturated carbocycles. The third kappa shape index (κ3) is 3.19. The summed E-state index contributed by atoms with van der Waals surface area (Å²) in [5.41, 5.74) is 7.56. The Morgan fingerprint density at radius 1 is 1.14 bits per heavy atom. The van der Waals surface area contributed by atoms with E-state index in [4.69, 9.17) is 10.5 Å². The van der Waals surface area contributed by atoms with Crippen LogP contribution in [-0.2, 0) is 0 Å². The van der Waals surface area contributed by atoms with Gasteiger partial charge in [-0.15, -0.1) is 0 Å². The van der Waals surface area contributed by atoms with Crippen LogP contribution in [0.25, 0.3) is 0 Å². The number of rotatable bonds is 2. The van der Waals surface area contributed by atoms with Gasteiger partial charge in [0.2, 0.25) is 0 Å². The molecular formula is C17H19N3O2. The molecule has 0 aliphatic carbocycles. The number of hydrogen-bond donors (Lipinski definition) is 1. The van der Waals surface area contributed by atoms with Crippen LogP contribution in [0, 0.1) is 0 Å². The van der Waals surface area contributed by atoms with Crippen molar-refractivity contribution in [3.05, 3.63) is 54.4 Å². The van der Waals surface area contributed by atoms with Crippen molar-refractivity contribution in [3.8, 4) is 5.75 Å². The number of para-hydroxylation sites is 2. The largest absolute Gasteiger partial charge is 0.415 e. The molecule has 1 aromatic heterocycles. The zero-order valence-electron chi connectivity index (χ0n) is 12.3. The molecule has 5 heteroatoms. The summed E-state index contributed by atoms with van der Waals surface area (Å²) in [6, 6.07) is 11.1. The highest BCUT2D eigenvalue weighted by Gasteiger charge is 2.25. The maximum absolute atomic E-state index is 12.2. The van der Waals surface area contributed by atoms with Gasteiger partial charge in [0.05, 0.1) is 5.69 Å². The summed E-state index contributed by atoms with van der Waals surface area (Å²) in [5.74, 6) is 0.901. The monoisotopic (exact) mass is 297 g/mol. The number of likely N-dealkylation sites (tertiary alicyclic amines) is 1. The molecule has 0 radical (unpaired) electrons. The smallest absolute Gasteiger partial charge is 0.408 e. The topological polar surface area (TPSA) is 68.5 Å². The molecule has 2 aromatic rings. The number of piperidine rings is 1. The Morgan fingerprint density at radius 3 is 2.50 bits per heavy atom. The van der Waals surface area contributed by atoms with E-state index in [1.807, 2.05) is 30.6 Å². The molecule has 1 aliphatic heterocycles. The van der Waals surface area contributed by atoms with Gasteiger partial charge in [-0.2, -0.15) is 0 Å². The van der Waals surface area contributed by atoms with Crippen LogP contribution in [0.3, 0.4) is 0 Å². The fourth-order valence-electron chi connectivity index (χ4n) is 2.76. The van der Waals surface area contributed by atoms with Crippen molar-refractivity contribution in [2.45, 2.75) is 18.8 Å². The maximum atomic E-state index is 12.2. The summed E-state index contributed by atoms with van der Waals surface area (Å²) >= 11 is 0. The van der Waals surface area contributed by atoms with Crippen molar-refractivity contribution in [3.63, 3.8) is 0 Å². The third-order valence-corrected chi connectivity index (χ3v) is 4.05. The van der Waals surface area contributed by atoms with Crippen LogP contribution in [-0.4, -0.2) is 29.1 Å². The standard InChI is InChI=1S/C17H19N3O2/c18-15-3-1-2-4-16(15)22-17(21)20-11-7-14(8-12-20)13-5-9-19-10-6-13/h1-6,9-10,14H,7-8,11-12,18H2. The Balaban J connectivity index is 1.57. The van der Waals surface area contributed by atoms with Crippen LogP contribution in [0.4, 0.5) is 10.5 Å². The molecule has 3 rings (SSSR count). The molecule has 5 nitrogen and oxygen atoms in total. The van der Waals surface area contributed by atoms with Gasteiger partial charge in [-0.25, -0.2) is 4.79 Å². The second-order valence-corrected chi connectivity index (χ2v) is 5.45. The van der Waals surface area contributed by atoms with Gasteiger partial charge in [-0.3, -0.25) is 4.98 Å². The van der Waals surface area contributed by atoms with Crippen LogP contribution in [0.5, 0.6) is 5.75 Å². The van der Waals surface area contributed by atoms with E-state index in [0.717, 1.165) is 12.8 Å². The number of pyridine rings is 1. The van der Waals surface area contributed by atoms with E-state index in [0.29, 0.717) is 30.4 Å². The van der Waals surface area contributed by atoms with Crippen molar-refractivity contribution < 1.29 is 9.53 Å². The average molecular weight is 297 g/mol. The quantitative estimate of drug-likeness (QED) is 0.865. The Labute approximate surface area is 129 Å². The predicted molar refractivity (Wildman–Crippen MR) is 84.7 cm³/mol. The highest BCUT2D eigenvalue weighted by molar-refractivity contribution is 5.73. The van der Waals surface area contributed by atoms with E-state index >= 15 is 0 Å². The van der Waals surface area contributed by atoms with Crippen LogP contribution in [0.1, 0.15) is 24.3 Å². The Hall–Kier alpha value is -2.56. The molecule has 1 aromatic carbocycles. The fourth-order valence-corrected chi connectivity index (χ4v) is 2.76. The number of ether oxygens (including phenoxy) is 1. The molecule has 22 heavy (non-hydrogen) atoms. The summed E-state index contributed by atoms with van der Waals surface area (Å²) in [4.78, 5) is 18.0. The number of amides is 1. The summed E-state index contributed by atoms with van der Waals surface area (Å²) in [6.07, 6.45) is 5.17. The van der Waals surface area contributed by atoms with E-state index in [2.05, 4.69) is 4.98 Å². The van der Waals surface area contributed by atoms with E-state index in [1.165, 1.54) is 5.56 Å². The van der Waals surface area contributed by atoms with Crippen molar-refractivity contribution in [1.29, 1.82) is 0 Å². The van der Waals surface area contributed by atoms with Gasteiger partial charge in [-0.1, -0.05) is 12.1 Å². The molecule has 1 amide bonds. The zero-order valence-corrected chi connectivity index (χ0v) is 12.3. The Kier molecular flexibility index (Phi) is 4.23. The lowest BCUT2D eigenvalue weighted by atomic mass is 9.90. The number of aromatic nitrogens is 1. The summed E-state index contributed by atoms with van der Waals surface area (Å²) in [5, 5.41) is 0. The lowest BCUT2D eigenvalue weighted by molar-refractivity contribution is 0.139. The lowest BCUT2D eigenvalue weighted by Gasteiger charge is -2.31. The number of hydrogen-bond acceptors (Lipinski definition) is 4. The molecule has 0 unspecified atom stereocenters. The molecule has 0 atom stereocenters. The van der Waals surface area contributed by atoms with Crippen molar-refractivity contribution in [2.75, 3.05) is 18.8 Å². The lowest BCUT2D eigenvalue weighted by Crippen LogP contribution is -2.39. The SMILES string of the molecule is Nc1ccccc1OC(=O)N1CCC(c2ccncc2)CC1. The van der Waals surface area contributed by atoms with Crippen molar-refractivity contribution in [1.82, 2.24) is 9.88 Å². The second kappa shape index (κ2) is 6.47. The highest BCUT2D eigenvalue weighted by Crippen LogP contribution is 2.28. The molecule has 1 fully saturated rings. The predicted octanol–water partition coefficient (Wildman–Crippen LogP) is 3.04. The molecule has 1 saturated heterocycles. The van der Waals surface area contributed by atoms with Crippen LogP contribution in [0.15, 0.2) is 48.8 Å². The Bertz CT molecular complexity index is 637. The first-order valence-corrected chi connectivity index (χ1v) is 7.45. The molecule has 0 bridgehead atoms. The van der Waals surface area contributed by atoms with Crippen molar-refractivity contribution in [2.24, 2.45) is 0 Å². The van der Waals surface area contributed by atoms with E-state index in [1.54, 1.807) is 23.1 Å². The molecule has 114 valence electrons. The summed E-state index contributed by atoms with van der Waals surface area (Å²) < 4.78 is 5.38. The van der Waals surface area contributed by atoms with Gasteiger partial charge >= 0.3 is 6.09 Å². The number of carbonyl (C=O) groups excluding carboxylic acids is 1. The van der Waals surface area contributed by atoms with E-state index < -0.39 is 0 Å². The normalized spacial score (nSPS) is 15.5. The number of nitrogen functional groups attached to an aromatic ring is 1. The van der Waals surface area contributed by atoms with Gasteiger partial charge in [0.25, 0.3) is 0 Å². The minimum Gasteiger partial charge on any atom is -0.408 e. The van der Waals surface area contributed by atoms with Crippen LogP contribution >= 0.6 is 0 Å². The van der Waals surface area contributed by atoms with Gasteiger partial charge in [0.15, 0.2) is 5.75 Å². The average Bonchev–Trinajstić information content (AvgIpc) is 2.58. The molecule has 2 heterocycles. The number of anilines is 1. The molecule has 0 spiro atoms. The Morgan fingerprint density at radius 2 is 1.82 bits per heavy atom. The first-order chi connectivity index (χ1) is 10.7. The highest BCUT2D eigenvalue weighted by atomic mass is 16.6. The molecule has 2 N–H and O–H groups in total. The molecule has 1 aliphatic rings. The minimum absolute atomic E-state index is 0.328. The third-order valence-electron chi connectivity index (χ3n) is 4.05. The first-order valence-electron chi connectivity index (χ1n) is 7.45. The molecular weight excluding hydrogens is 278 g/mol. The second-order valence-electron chi connectivity index (χ2n) is 5.45. The number of nitrogens with zero attached hydrogens (tertiary/aromatic N) is 2. The zero-order chi connectivity index (χ0) is 15.4. The maximum Gasteiger partial charge on any atom is 0.415 e. The summed E-state index contributed by atoms with van der Waals surface area (Å²) in [7, 11) is 0.